The molecule has 1 aromatic heterocycles. The molecule has 1 amide bonds. The molecule has 1 unspecified atom stereocenters. The second kappa shape index (κ2) is 8.23. The summed E-state index contributed by atoms with van der Waals surface area (Å²) in [5.41, 5.74) is 5.78. The maximum Gasteiger partial charge on any atom is 0.410 e. The average molecular weight is 412 g/mol. The van der Waals surface area contributed by atoms with Gasteiger partial charge in [-0.05, 0) is 51.8 Å². The fourth-order valence-corrected chi connectivity index (χ4v) is 3.98. The van der Waals surface area contributed by atoms with E-state index in [-0.39, 0.29) is 12.1 Å². The van der Waals surface area contributed by atoms with Gasteiger partial charge in [0.15, 0.2) is 0 Å². The van der Waals surface area contributed by atoms with Crippen LogP contribution in [-0.4, -0.2) is 41.2 Å². The van der Waals surface area contributed by atoms with Crippen molar-refractivity contribution in [3.8, 4) is 11.5 Å². The van der Waals surface area contributed by atoms with E-state index in [9.17, 15) is 4.79 Å². The van der Waals surface area contributed by atoms with Crippen molar-refractivity contribution >= 4 is 25.2 Å². The van der Waals surface area contributed by atoms with Crippen LogP contribution < -0.4 is 0 Å². The van der Waals surface area contributed by atoms with E-state index >= 15 is 0 Å². The Labute approximate surface area is 175 Å². The number of ether oxygens (including phenoxy) is 1. The normalized spacial score (nSPS) is 18.1. The van der Waals surface area contributed by atoms with E-state index in [2.05, 4.69) is 42.2 Å². The zero-order chi connectivity index (χ0) is 21.2. The number of benzene rings is 1. The quantitative estimate of drug-likeness (QED) is 0.488. The summed E-state index contributed by atoms with van der Waals surface area (Å²) in [6.07, 6.45) is 3.82. The molecule has 0 spiro atoms. The van der Waals surface area contributed by atoms with Gasteiger partial charge in [-0.1, -0.05) is 38.4 Å². The molecule has 0 radical (unpaired) electrons. The monoisotopic (exact) mass is 411 g/mol. The molecule has 1 aliphatic heterocycles. The van der Waals surface area contributed by atoms with Crippen molar-refractivity contribution in [3.63, 3.8) is 0 Å². The van der Waals surface area contributed by atoms with Crippen LogP contribution in [-0.2, 0) is 4.74 Å². The first-order chi connectivity index (χ1) is 13.5. The first kappa shape index (κ1) is 21.4. The Kier molecular flexibility index (Phi) is 6.09. The molecule has 0 bridgehead atoms. The summed E-state index contributed by atoms with van der Waals surface area (Å²) in [7, 11) is -1.42. The van der Waals surface area contributed by atoms with Crippen LogP contribution in [0.25, 0.3) is 11.0 Å². The smallest absolute Gasteiger partial charge is 0.410 e. The van der Waals surface area contributed by atoms with Crippen molar-refractivity contribution in [3.05, 3.63) is 29.6 Å². The van der Waals surface area contributed by atoms with Gasteiger partial charge in [-0.3, -0.25) is 4.90 Å². The van der Waals surface area contributed by atoms with Crippen molar-refractivity contribution in [2.45, 2.75) is 77.7 Å². The van der Waals surface area contributed by atoms with E-state index in [1.54, 1.807) is 0 Å². The molecule has 1 saturated heterocycles. The zero-order valence-corrected chi connectivity index (χ0v) is 19.6. The lowest BCUT2D eigenvalue weighted by atomic mass is 10.1. The lowest BCUT2D eigenvalue weighted by Crippen LogP contribution is -2.39. The number of H-pyrrole nitrogens is 1. The van der Waals surface area contributed by atoms with Crippen LogP contribution in [0.15, 0.2) is 18.2 Å². The number of carbonyl (C=O) groups excluding carboxylic acids is 1. The first-order valence-corrected chi connectivity index (χ1v) is 14.0. The molecule has 2 aromatic rings. The second-order valence-electron chi connectivity index (χ2n) is 9.89. The number of aromatic amines is 1. The SMILES string of the molecule is CC(C)(C)OC(=O)N1CCCCCC1c1nc2ccc(C#C[Si](C)(C)C)cc2[nH]1. The number of fused-ring (bicyclic) bond motifs is 1. The molecular formula is C23H33N3O2Si. The fourth-order valence-electron chi connectivity index (χ4n) is 3.46. The second-order valence-corrected chi connectivity index (χ2v) is 14.6. The van der Waals surface area contributed by atoms with E-state index in [1.165, 1.54) is 0 Å². The minimum atomic E-state index is -1.42. The van der Waals surface area contributed by atoms with Crippen LogP contribution in [0.5, 0.6) is 0 Å². The lowest BCUT2D eigenvalue weighted by Gasteiger charge is -2.31. The van der Waals surface area contributed by atoms with E-state index in [4.69, 9.17) is 9.72 Å². The number of hydrogen-bond donors (Lipinski definition) is 1. The number of rotatable bonds is 1. The van der Waals surface area contributed by atoms with Gasteiger partial charge in [-0.15, -0.1) is 5.54 Å². The van der Waals surface area contributed by atoms with Crippen LogP contribution in [0, 0.1) is 11.5 Å². The lowest BCUT2D eigenvalue weighted by molar-refractivity contribution is 0.0156. The van der Waals surface area contributed by atoms with Crippen LogP contribution in [0.4, 0.5) is 4.79 Å². The van der Waals surface area contributed by atoms with Gasteiger partial charge in [-0.25, -0.2) is 9.78 Å². The van der Waals surface area contributed by atoms with Gasteiger partial charge in [0.05, 0.1) is 17.1 Å². The Morgan fingerprint density at radius 1 is 1.24 bits per heavy atom. The highest BCUT2D eigenvalue weighted by atomic mass is 28.3. The predicted molar refractivity (Wildman–Crippen MR) is 120 cm³/mol. The molecule has 1 fully saturated rings. The Balaban J connectivity index is 1.91. The van der Waals surface area contributed by atoms with Gasteiger partial charge in [-0.2, -0.15) is 0 Å². The molecule has 0 aliphatic carbocycles. The third kappa shape index (κ3) is 5.86. The number of aromatic nitrogens is 2. The van der Waals surface area contributed by atoms with Crippen LogP contribution in [0.2, 0.25) is 19.6 Å². The maximum atomic E-state index is 12.8. The minimum absolute atomic E-state index is 0.0868. The molecule has 1 atom stereocenters. The molecule has 5 nitrogen and oxygen atoms in total. The van der Waals surface area contributed by atoms with Crippen molar-refractivity contribution in [1.29, 1.82) is 0 Å². The molecule has 2 heterocycles. The molecular weight excluding hydrogens is 378 g/mol. The van der Waals surface area contributed by atoms with Crippen LogP contribution in [0.3, 0.4) is 0 Å². The molecule has 3 rings (SSSR count). The van der Waals surface area contributed by atoms with Gasteiger partial charge in [0.1, 0.15) is 19.5 Å². The Morgan fingerprint density at radius 2 is 2.00 bits per heavy atom. The van der Waals surface area contributed by atoms with E-state index in [1.807, 2.05) is 37.8 Å². The highest BCUT2D eigenvalue weighted by molar-refractivity contribution is 6.83. The molecule has 1 aliphatic rings. The molecule has 156 valence electrons. The highest BCUT2D eigenvalue weighted by Crippen LogP contribution is 2.31. The minimum Gasteiger partial charge on any atom is -0.444 e. The number of hydrogen-bond acceptors (Lipinski definition) is 3. The van der Waals surface area contributed by atoms with E-state index in [0.29, 0.717) is 6.54 Å². The van der Waals surface area contributed by atoms with Crippen LogP contribution in [0.1, 0.15) is 63.9 Å². The summed E-state index contributed by atoms with van der Waals surface area (Å²) in [5, 5.41) is 0. The number of likely N-dealkylation sites (tertiary alicyclic amines) is 1. The van der Waals surface area contributed by atoms with Gasteiger partial charge in [0.25, 0.3) is 0 Å². The summed E-state index contributed by atoms with van der Waals surface area (Å²) in [5.74, 6) is 4.14. The maximum absolute atomic E-state index is 12.8. The topological polar surface area (TPSA) is 58.2 Å². The summed E-state index contributed by atoms with van der Waals surface area (Å²) in [6.45, 7) is 13.1. The van der Waals surface area contributed by atoms with Crippen LogP contribution >= 0.6 is 0 Å². The van der Waals surface area contributed by atoms with Crippen molar-refractivity contribution < 1.29 is 9.53 Å². The van der Waals surface area contributed by atoms with Gasteiger partial charge < -0.3 is 9.72 Å². The summed E-state index contributed by atoms with van der Waals surface area (Å²) in [6, 6.07) is 6.01. The summed E-state index contributed by atoms with van der Waals surface area (Å²) in [4.78, 5) is 23.0. The van der Waals surface area contributed by atoms with Gasteiger partial charge >= 0.3 is 6.09 Å². The van der Waals surface area contributed by atoms with Crippen molar-refractivity contribution in [1.82, 2.24) is 14.9 Å². The number of nitrogens with zero attached hydrogens (tertiary/aromatic N) is 2. The molecule has 0 saturated carbocycles. The third-order valence-corrected chi connectivity index (χ3v) is 5.65. The fraction of sp³-hybridized carbons (Fsp3) is 0.565. The van der Waals surface area contributed by atoms with E-state index in [0.717, 1.165) is 48.1 Å². The Morgan fingerprint density at radius 3 is 2.69 bits per heavy atom. The highest BCUT2D eigenvalue weighted by Gasteiger charge is 2.32. The average Bonchev–Trinajstić information content (AvgIpc) is 2.85. The predicted octanol–water partition coefficient (Wildman–Crippen LogP) is 5.64. The largest absolute Gasteiger partial charge is 0.444 e. The molecule has 1 aromatic carbocycles. The first-order valence-electron chi connectivity index (χ1n) is 10.5. The van der Waals surface area contributed by atoms with E-state index < -0.39 is 13.7 Å². The number of carbonyl (C=O) groups is 1. The third-order valence-electron chi connectivity index (χ3n) is 4.78. The molecule has 1 N–H and O–H groups in total. The summed E-state index contributed by atoms with van der Waals surface area (Å²) >= 11 is 0. The number of nitrogens with one attached hydrogen (secondary N) is 1. The van der Waals surface area contributed by atoms with Gasteiger partial charge in [0.2, 0.25) is 0 Å². The van der Waals surface area contributed by atoms with Crippen molar-refractivity contribution in [2.75, 3.05) is 6.54 Å². The number of amides is 1. The number of imidazole rings is 1. The Bertz CT molecular complexity index is 941. The Hall–Kier alpha value is -2.26. The molecule has 6 heteroatoms. The van der Waals surface area contributed by atoms with Crippen molar-refractivity contribution in [2.24, 2.45) is 0 Å². The zero-order valence-electron chi connectivity index (χ0n) is 18.6. The standard InChI is InChI=1S/C23H33N3O2Si/c1-23(2,3)28-22(27)26-14-9-7-8-10-20(26)21-24-18-12-11-17(16-19(18)25-21)13-15-29(4,5)6/h11-12,16,20H,7-10,14H2,1-6H3,(H,24,25). The van der Waals surface area contributed by atoms with Gasteiger partial charge in [0, 0.05) is 12.1 Å². The molecule has 29 heavy (non-hydrogen) atoms. The summed E-state index contributed by atoms with van der Waals surface area (Å²) < 4.78 is 5.67.